The molecule has 3 N–H and O–H groups in total. The molecule has 2 aromatic carbocycles. The lowest BCUT2D eigenvalue weighted by Crippen LogP contribution is -2.05. The van der Waals surface area contributed by atoms with Crippen molar-refractivity contribution in [3.8, 4) is 11.3 Å². The van der Waals surface area contributed by atoms with Gasteiger partial charge in [-0.3, -0.25) is 4.98 Å². The number of alkyl halides is 3. The molecule has 4 rings (SSSR count). The van der Waals surface area contributed by atoms with E-state index >= 15 is 0 Å². The molecule has 0 spiro atoms. The zero-order valence-corrected chi connectivity index (χ0v) is 16.2. The molecule has 0 saturated heterocycles. The number of para-hydroxylation sites is 1. The summed E-state index contributed by atoms with van der Waals surface area (Å²) in [6.07, 6.45) is -0.721. The topological polar surface area (TPSA) is 54.7 Å². The van der Waals surface area contributed by atoms with Crippen molar-refractivity contribution in [1.82, 2.24) is 9.97 Å². The molecule has 2 heterocycles. The molecule has 0 fully saturated rings. The fourth-order valence-corrected chi connectivity index (χ4v) is 4.07. The number of fused-ring (bicyclic) bond motifs is 2. The maximum atomic E-state index is 13.7. The SMILES string of the molecule is NCCCCc1c(-c2cccc3cccnc23)[nH]c2c(C(F)(F)F)ccc(Cl)c12. The van der Waals surface area contributed by atoms with Crippen molar-refractivity contribution >= 4 is 33.4 Å². The predicted octanol–water partition coefficient (Wildman–Crippen LogP) is 6.34. The van der Waals surface area contributed by atoms with Crippen LogP contribution in [0.2, 0.25) is 5.02 Å². The van der Waals surface area contributed by atoms with Crippen LogP contribution in [0.1, 0.15) is 24.0 Å². The molecular formula is C22H19ClF3N3. The van der Waals surface area contributed by atoms with Crippen molar-refractivity contribution in [2.24, 2.45) is 5.73 Å². The largest absolute Gasteiger partial charge is 0.418 e. The van der Waals surface area contributed by atoms with Crippen molar-refractivity contribution in [2.75, 3.05) is 6.54 Å². The Balaban J connectivity index is 2.04. The van der Waals surface area contributed by atoms with E-state index < -0.39 is 11.7 Å². The molecule has 150 valence electrons. The quantitative estimate of drug-likeness (QED) is 0.372. The molecule has 7 heteroatoms. The molecule has 2 aromatic heterocycles. The van der Waals surface area contributed by atoms with Gasteiger partial charge in [0, 0.05) is 22.5 Å². The van der Waals surface area contributed by atoms with Gasteiger partial charge in [-0.2, -0.15) is 13.2 Å². The fourth-order valence-electron chi connectivity index (χ4n) is 3.80. The van der Waals surface area contributed by atoms with Crippen LogP contribution in [0.15, 0.2) is 48.7 Å². The average Bonchev–Trinajstić information content (AvgIpc) is 3.07. The molecule has 4 aromatic rings. The number of nitrogens with zero attached hydrogens (tertiary/aromatic N) is 1. The van der Waals surface area contributed by atoms with E-state index in [0.29, 0.717) is 29.1 Å². The van der Waals surface area contributed by atoms with Crippen LogP contribution in [-0.2, 0) is 12.6 Å². The van der Waals surface area contributed by atoms with Crippen LogP contribution >= 0.6 is 11.6 Å². The van der Waals surface area contributed by atoms with E-state index in [9.17, 15) is 13.2 Å². The van der Waals surface area contributed by atoms with Crippen LogP contribution in [-0.4, -0.2) is 16.5 Å². The second-order valence-corrected chi connectivity index (χ2v) is 7.35. The zero-order valence-electron chi connectivity index (χ0n) is 15.5. The first-order chi connectivity index (χ1) is 13.9. The Labute approximate surface area is 170 Å². The van der Waals surface area contributed by atoms with Gasteiger partial charge in [-0.1, -0.05) is 35.9 Å². The first-order valence-electron chi connectivity index (χ1n) is 9.36. The molecule has 0 bridgehead atoms. The molecule has 0 aliphatic carbocycles. The van der Waals surface area contributed by atoms with E-state index in [-0.39, 0.29) is 5.52 Å². The van der Waals surface area contributed by atoms with Crippen LogP contribution in [0.4, 0.5) is 13.2 Å². The first kappa shape index (κ1) is 19.7. The lowest BCUT2D eigenvalue weighted by Gasteiger charge is -2.09. The van der Waals surface area contributed by atoms with Gasteiger partial charge in [0.1, 0.15) is 0 Å². The maximum Gasteiger partial charge on any atom is 0.418 e. The normalized spacial score (nSPS) is 12.2. The minimum Gasteiger partial charge on any atom is -0.354 e. The summed E-state index contributed by atoms with van der Waals surface area (Å²) in [5.41, 5.74) is 7.78. The zero-order chi connectivity index (χ0) is 20.6. The molecule has 0 unspecified atom stereocenters. The van der Waals surface area contributed by atoms with Crippen LogP contribution in [0.3, 0.4) is 0 Å². The smallest absolute Gasteiger partial charge is 0.354 e. The number of benzene rings is 2. The summed E-state index contributed by atoms with van der Waals surface area (Å²) in [6, 6.07) is 11.8. The van der Waals surface area contributed by atoms with E-state index in [1.54, 1.807) is 6.20 Å². The monoisotopic (exact) mass is 417 g/mol. The van der Waals surface area contributed by atoms with Crippen LogP contribution in [0.25, 0.3) is 33.1 Å². The minimum atomic E-state index is -4.49. The second-order valence-electron chi connectivity index (χ2n) is 6.95. The Hall–Kier alpha value is -2.57. The van der Waals surface area contributed by atoms with E-state index in [1.807, 2.05) is 30.3 Å². The van der Waals surface area contributed by atoms with Crippen molar-refractivity contribution in [3.05, 3.63) is 64.8 Å². The number of nitrogens with one attached hydrogen (secondary N) is 1. The van der Waals surface area contributed by atoms with Gasteiger partial charge in [0.05, 0.1) is 27.3 Å². The van der Waals surface area contributed by atoms with Gasteiger partial charge in [-0.05, 0) is 49.6 Å². The third kappa shape index (κ3) is 3.58. The number of aryl methyl sites for hydroxylation is 1. The maximum absolute atomic E-state index is 13.7. The Morgan fingerprint density at radius 1 is 1.03 bits per heavy atom. The van der Waals surface area contributed by atoms with Gasteiger partial charge in [0.15, 0.2) is 0 Å². The highest BCUT2D eigenvalue weighted by Crippen LogP contribution is 2.43. The number of pyridine rings is 1. The molecule has 0 saturated carbocycles. The van der Waals surface area contributed by atoms with Gasteiger partial charge in [0.25, 0.3) is 0 Å². The highest BCUT2D eigenvalue weighted by molar-refractivity contribution is 6.36. The van der Waals surface area contributed by atoms with Crippen molar-refractivity contribution in [3.63, 3.8) is 0 Å². The van der Waals surface area contributed by atoms with Gasteiger partial charge in [-0.15, -0.1) is 0 Å². The molecule has 29 heavy (non-hydrogen) atoms. The number of H-pyrrole nitrogens is 1. The lowest BCUT2D eigenvalue weighted by molar-refractivity contribution is -0.136. The fraction of sp³-hybridized carbons (Fsp3) is 0.227. The van der Waals surface area contributed by atoms with E-state index in [2.05, 4.69) is 9.97 Å². The number of rotatable bonds is 5. The molecule has 0 aliphatic rings. The van der Waals surface area contributed by atoms with Crippen molar-refractivity contribution in [2.45, 2.75) is 25.4 Å². The lowest BCUT2D eigenvalue weighted by atomic mass is 9.98. The van der Waals surface area contributed by atoms with Gasteiger partial charge in [-0.25, -0.2) is 0 Å². The number of halogens is 4. The minimum absolute atomic E-state index is 0.00989. The van der Waals surface area contributed by atoms with E-state index in [1.165, 1.54) is 6.07 Å². The molecule has 0 radical (unpaired) electrons. The summed E-state index contributed by atoms with van der Waals surface area (Å²) in [6.45, 7) is 0.523. The molecule has 0 amide bonds. The average molecular weight is 418 g/mol. The van der Waals surface area contributed by atoms with Gasteiger partial charge < -0.3 is 10.7 Å². The van der Waals surface area contributed by atoms with Crippen molar-refractivity contribution in [1.29, 1.82) is 0 Å². The highest BCUT2D eigenvalue weighted by atomic mass is 35.5. The van der Waals surface area contributed by atoms with E-state index in [0.717, 1.165) is 40.9 Å². The molecule has 3 nitrogen and oxygen atoms in total. The summed E-state index contributed by atoms with van der Waals surface area (Å²) < 4.78 is 41.0. The molecule has 0 aliphatic heterocycles. The Morgan fingerprint density at radius 3 is 2.59 bits per heavy atom. The summed E-state index contributed by atoms with van der Waals surface area (Å²) in [7, 11) is 0. The third-order valence-electron chi connectivity index (χ3n) is 5.10. The van der Waals surface area contributed by atoms with Crippen LogP contribution in [0.5, 0.6) is 0 Å². The number of aromatic amines is 1. The summed E-state index contributed by atoms with van der Waals surface area (Å²) in [5.74, 6) is 0. The van der Waals surface area contributed by atoms with E-state index in [4.69, 9.17) is 17.3 Å². The molecular weight excluding hydrogens is 399 g/mol. The number of nitrogens with two attached hydrogens (primary N) is 1. The summed E-state index contributed by atoms with van der Waals surface area (Å²) in [4.78, 5) is 7.50. The third-order valence-corrected chi connectivity index (χ3v) is 5.41. The number of unbranched alkanes of at least 4 members (excludes halogenated alkanes) is 1. The first-order valence-corrected chi connectivity index (χ1v) is 9.74. The Bertz CT molecular complexity index is 1180. The van der Waals surface area contributed by atoms with Crippen molar-refractivity contribution < 1.29 is 13.2 Å². The van der Waals surface area contributed by atoms with Gasteiger partial charge in [0.2, 0.25) is 0 Å². The predicted molar refractivity (Wildman–Crippen MR) is 111 cm³/mol. The summed E-state index contributed by atoms with van der Waals surface area (Å²) >= 11 is 6.39. The second kappa shape index (κ2) is 7.69. The highest BCUT2D eigenvalue weighted by Gasteiger charge is 2.34. The van der Waals surface area contributed by atoms with Crippen LogP contribution in [0, 0.1) is 0 Å². The number of hydrogen-bond donors (Lipinski definition) is 2. The van der Waals surface area contributed by atoms with Gasteiger partial charge >= 0.3 is 6.18 Å². The molecule has 0 atom stereocenters. The Morgan fingerprint density at radius 2 is 1.83 bits per heavy atom. The van der Waals surface area contributed by atoms with Crippen LogP contribution < -0.4 is 5.73 Å². The standard InChI is InChI=1S/C22H19ClF3N3/c23-17-10-9-16(22(24,25)26)21-18(17)14(7-1-2-11-27)20(29-21)15-8-3-5-13-6-4-12-28-19(13)15/h3-6,8-10,12,29H,1-2,7,11,27H2. The Kier molecular flexibility index (Phi) is 5.23. The number of aromatic nitrogens is 2. The number of hydrogen-bond acceptors (Lipinski definition) is 2. The summed E-state index contributed by atoms with van der Waals surface area (Å²) in [5, 5.41) is 1.63.